The van der Waals surface area contributed by atoms with E-state index in [4.69, 9.17) is 4.52 Å². The Morgan fingerprint density at radius 3 is 2.85 bits per heavy atom. The Labute approximate surface area is 126 Å². The minimum Gasteiger partial charge on any atom is -0.361 e. The highest BCUT2D eigenvalue weighted by molar-refractivity contribution is 9.10. The normalized spacial score (nSPS) is 12.2. The van der Waals surface area contributed by atoms with Gasteiger partial charge in [0, 0.05) is 16.6 Å². The Bertz CT molecular complexity index is 595. The highest BCUT2D eigenvalue weighted by atomic mass is 79.9. The number of benzene rings is 1. The average molecular weight is 337 g/mol. The molecule has 2 rings (SSSR count). The summed E-state index contributed by atoms with van der Waals surface area (Å²) in [6.45, 7) is 3.80. The van der Waals surface area contributed by atoms with Gasteiger partial charge in [-0.3, -0.25) is 4.79 Å². The van der Waals surface area contributed by atoms with Gasteiger partial charge in [-0.05, 0) is 31.9 Å². The zero-order valence-electron chi connectivity index (χ0n) is 11.5. The van der Waals surface area contributed by atoms with E-state index in [2.05, 4.69) is 26.4 Å². The molecule has 4 nitrogen and oxygen atoms in total. The number of halogens is 1. The molecule has 0 spiro atoms. The second-order valence-electron chi connectivity index (χ2n) is 4.87. The van der Waals surface area contributed by atoms with Gasteiger partial charge in [0.15, 0.2) is 0 Å². The van der Waals surface area contributed by atoms with Gasteiger partial charge in [0.1, 0.15) is 5.76 Å². The van der Waals surface area contributed by atoms with Gasteiger partial charge in [-0.2, -0.15) is 0 Å². The quantitative estimate of drug-likeness (QED) is 0.912. The monoisotopic (exact) mass is 336 g/mol. The molecular weight excluding hydrogens is 320 g/mol. The lowest BCUT2D eigenvalue weighted by atomic mass is 10.1. The number of amides is 1. The van der Waals surface area contributed by atoms with Gasteiger partial charge in [-0.25, -0.2) is 0 Å². The minimum absolute atomic E-state index is 0.0437. The summed E-state index contributed by atoms with van der Waals surface area (Å²) in [4.78, 5) is 11.9. The average Bonchev–Trinajstić information content (AvgIpc) is 2.77. The molecule has 1 aromatic heterocycles. The third-order valence-electron chi connectivity index (χ3n) is 2.91. The Kier molecular flexibility index (Phi) is 4.95. The van der Waals surface area contributed by atoms with E-state index in [9.17, 15) is 4.79 Å². The molecule has 20 heavy (non-hydrogen) atoms. The Balaban J connectivity index is 1.86. The minimum atomic E-state index is -0.0437. The first-order valence-corrected chi connectivity index (χ1v) is 7.29. The first kappa shape index (κ1) is 14.8. The van der Waals surface area contributed by atoms with E-state index >= 15 is 0 Å². The Morgan fingerprint density at radius 2 is 2.20 bits per heavy atom. The van der Waals surface area contributed by atoms with Crippen LogP contribution in [-0.2, 0) is 17.6 Å². The number of nitrogens with one attached hydrogen (secondary N) is 1. The van der Waals surface area contributed by atoms with Crippen molar-refractivity contribution >= 4 is 21.8 Å². The lowest BCUT2D eigenvalue weighted by Gasteiger charge is -2.14. The summed E-state index contributed by atoms with van der Waals surface area (Å²) in [6.07, 6.45) is 1.03. The van der Waals surface area contributed by atoms with Gasteiger partial charge < -0.3 is 9.84 Å². The van der Waals surface area contributed by atoms with Crippen LogP contribution in [0.25, 0.3) is 0 Å². The predicted octanol–water partition coefficient (Wildman–Crippen LogP) is 3.04. The number of carbonyl (C=O) groups is 1. The number of aryl methyl sites for hydroxylation is 1. The zero-order valence-corrected chi connectivity index (χ0v) is 13.1. The van der Waals surface area contributed by atoms with E-state index < -0.39 is 0 Å². The van der Waals surface area contributed by atoms with Crippen LogP contribution in [0.4, 0.5) is 0 Å². The summed E-state index contributed by atoms with van der Waals surface area (Å²) in [7, 11) is 0. The van der Waals surface area contributed by atoms with Crippen molar-refractivity contribution in [1.82, 2.24) is 10.5 Å². The lowest BCUT2D eigenvalue weighted by Crippen LogP contribution is -2.35. The molecule has 1 aromatic carbocycles. The van der Waals surface area contributed by atoms with Crippen molar-refractivity contribution in [3.05, 3.63) is 51.8 Å². The van der Waals surface area contributed by atoms with Gasteiger partial charge in [0.2, 0.25) is 5.91 Å². The van der Waals surface area contributed by atoms with Crippen LogP contribution >= 0.6 is 15.9 Å². The number of rotatable bonds is 5. The summed E-state index contributed by atoms with van der Waals surface area (Å²) in [5, 5.41) is 6.79. The van der Waals surface area contributed by atoms with Crippen molar-refractivity contribution < 1.29 is 9.32 Å². The van der Waals surface area contributed by atoms with Crippen LogP contribution in [0.2, 0.25) is 0 Å². The second kappa shape index (κ2) is 6.70. The largest absolute Gasteiger partial charge is 0.361 e. The molecule has 1 amide bonds. The zero-order chi connectivity index (χ0) is 14.5. The van der Waals surface area contributed by atoms with Crippen molar-refractivity contribution in [2.75, 3.05) is 0 Å². The van der Waals surface area contributed by atoms with Crippen LogP contribution in [0.15, 0.2) is 39.3 Å². The van der Waals surface area contributed by atoms with Gasteiger partial charge in [-0.1, -0.05) is 39.3 Å². The second-order valence-corrected chi connectivity index (χ2v) is 5.72. The standard InChI is InChI=1S/C15H17BrN2O2/c1-10(7-12-5-3-4-6-14(12)16)17-15(19)9-13-8-11(2)20-18-13/h3-6,8,10H,7,9H2,1-2H3,(H,17,19)/t10-/m1/s1. The van der Waals surface area contributed by atoms with Crippen LogP contribution < -0.4 is 5.32 Å². The number of hydrogen-bond acceptors (Lipinski definition) is 3. The smallest absolute Gasteiger partial charge is 0.226 e. The third-order valence-corrected chi connectivity index (χ3v) is 3.68. The number of hydrogen-bond donors (Lipinski definition) is 1. The van der Waals surface area contributed by atoms with E-state index in [1.54, 1.807) is 6.07 Å². The molecule has 5 heteroatoms. The molecule has 0 aliphatic rings. The molecule has 1 atom stereocenters. The van der Waals surface area contributed by atoms with Gasteiger partial charge in [0.05, 0.1) is 12.1 Å². The van der Waals surface area contributed by atoms with Crippen molar-refractivity contribution in [3.63, 3.8) is 0 Å². The molecule has 106 valence electrons. The summed E-state index contributed by atoms with van der Waals surface area (Å²) in [5.41, 5.74) is 1.84. The maximum absolute atomic E-state index is 11.9. The van der Waals surface area contributed by atoms with Gasteiger partial charge in [0.25, 0.3) is 0 Å². The number of aromatic nitrogens is 1. The van der Waals surface area contributed by atoms with Crippen LogP contribution in [0, 0.1) is 6.92 Å². The molecule has 0 unspecified atom stereocenters. The highest BCUT2D eigenvalue weighted by Crippen LogP contribution is 2.17. The third kappa shape index (κ3) is 4.20. The van der Waals surface area contributed by atoms with Crippen LogP contribution in [0.3, 0.4) is 0 Å². The van der Waals surface area contributed by atoms with Gasteiger partial charge >= 0.3 is 0 Å². The summed E-state index contributed by atoms with van der Waals surface area (Å²) < 4.78 is 6.01. The fourth-order valence-electron chi connectivity index (χ4n) is 2.04. The van der Waals surface area contributed by atoms with E-state index in [0.717, 1.165) is 10.9 Å². The molecule has 0 saturated heterocycles. The van der Waals surface area contributed by atoms with Gasteiger partial charge in [-0.15, -0.1) is 0 Å². The molecular formula is C15H17BrN2O2. The van der Waals surface area contributed by atoms with Crippen molar-refractivity contribution in [2.24, 2.45) is 0 Å². The first-order valence-electron chi connectivity index (χ1n) is 6.49. The van der Waals surface area contributed by atoms with Crippen LogP contribution in [0.1, 0.15) is 23.9 Å². The molecule has 1 N–H and O–H groups in total. The summed E-state index contributed by atoms with van der Waals surface area (Å²) in [6, 6.07) is 9.86. The molecule has 0 aliphatic carbocycles. The Hall–Kier alpha value is -1.62. The maximum Gasteiger partial charge on any atom is 0.226 e. The summed E-state index contributed by atoms with van der Waals surface area (Å²) in [5.74, 6) is 0.673. The molecule has 0 radical (unpaired) electrons. The highest BCUT2D eigenvalue weighted by Gasteiger charge is 2.12. The topological polar surface area (TPSA) is 55.1 Å². The van der Waals surface area contributed by atoms with Crippen LogP contribution in [0.5, 0.6) is 0 Å². The molecule has 0 bridgehead atoms. The van der Waals surface area contributed by atoms with E-state index in [0.29, 0.717) is 11.5 Å². The molecule has 0 saturated carbocycles. The SMILES string of the molecule is Cc1cc(CC(=O)N[C@H](C)Cc2ccccc2Br)no1. The fourth-order valence-corrected chi connectivity index (χ4v) is 2.48. The Morgan fingerprint density at radius 1 is 1.45 bits per heavy atom. The number of nitrogens with zero attached hydrogens (tertiary/aromatic N) is 1. The molecule has 0 fully saturated rings. The van der Waals surface area contributed by atoms with Crippen molar-refractivity contribution in [1.29, 1.82) is 0 Å². The first-order chi connectivity index (χ1) is 9.54. The fraction of sp³-hybridized carbons (Fsp3) is 0.333. The lowest BCUT2D eigenvalue weighted by molar-refractivity contribution is -0.121. The molecule has 1 heterocycles. The van der Waals surface area contributed by atoms with Crippen molar-refractivity contribution in [3.8, 4) is 0 Å². The molecule has 2 aromatic rings. The maximum atomic E-state index is 11.9. The van der Waals surface area contributed by atoms with E-state index in [-0.39, 0.29) is 18.4 Å². The van der Waals surface area contributed by atoms with Crippen molar-refractivity contribution in [2.45, 2.75) is 32.7 Å². The summed E-state index contributed by atoms with van der Waals surface area (Å²) >= 11 is 3.51. The van der Waals surface area contributed by atoms with Crippen LogP contribution in [-0.4, -0.2) is 17.1 Å². The number of carbonyl (C=O) groups excluding carboxylic acids is 1. The molecule has 0 aliphatic heterocycles. The predicted molar refractivity (Wildman–Crippen MR) is 80.4 cm³/mol. The van der Waals surface area contributed by atoms with E-state index in [1.165, 1.54) is 5.56 Å². The van der Waals surface area contributed by atoms with E-state index in [1.807, 2.05) is 38.1 Å².